The van der Waals surface area contributed by atoms with Crippen LogP contribution in [0.25, 0.3) is 0 Å². The summed E-state index contributed by atoms with van der Waals surface area (Å²) >= 11 is 5.71. The fourth-order valence-corrected chi connectivity index (χ4v) is 1.51. The van der Waals surface area contributed by atoms with Crippen molar-refractivity contribution in [1.82, 2.24) is 0 Å². The zero-order chi connectivity index (χ0) is 12.0. The van der Waals surface area contributed by atoms with Crippen LogP contribution in [0.1, 0.15) is 43.0 Å². The van der Waals surface area contributed by atoms with E-state index in [-0.39, 0.29) is 18.0 Å². The van der Waals surface area contributed by atoms with Gasteiger partial charge in [-0.05, 0) is 30.7 Å². The summed E-state index contributed by atoms with van der Waals surface area (Å²) in [7, 11) is 0. The van der Waals surface area contributed by atoms with E-state index in [1.807, 2.05) is 6.92 Å². The van der Waals surface area contributed by atoms with Crippen LogP contribution in [-0.2, 0) is 4.79 Å². The molecule has 0 aromatic heterocycles. The molecule has 1 aromatic rings. The Kier molecular flexibility index (Phi) is 5.20. The van der Waals surface area contributed by atoms with Crippen LogP contribution in [0.4, 0.5) is 0 Å². The third-order valence-corrected chi connectivity index (χ3v) is 2.59. The molecule has 0 unspecified atom stereocenters. The van der Waals surface area contributed by atoms with Gasteiger partial charge >= 0.3 is 0 Å². The molecule has 0 amide bonds. The molecular weight excluding hydrogens is 224 g/mol. The first kappa shape index (κ1) is 12.9. The van der Waals surface area contributed by atoms with Crippen molar-refractivity contribution in [2.45, 2.75) is 32.6 Å². The Morgan fingerprint density at radius 1 is 1.19 bits per heavy atom. The number of Topliss-reactive ketones (excluding diaryl/α,β-unsaturated/α-hetero) is 2. The first-order chi connectivity index (χ1) is 7.63. The van der Waals surface area contributed by atoms with E-state index in [0.717, 1.165) is 12.8 Å². The fraction of sp³-hybridized carbons (Fsp3) is 0.385. The van der Waals surface area contributed by atoms with Crippen molar-refractivity contribution >= 4 is 23.2 Å². The molecule has 86 valence electrons. The minimum absolute atomic E-state index is 0.00162. The van der Waals surface area contributed by atoms with E-state index >= 15 is 0 Å². The molecule has 3 heteroatoms. The summed E-state index contributed by atoms with van der Waals surface area (Å²) in [4.78, 5) is 23.1. The molecule has 0 aliphatic heterocycles. The Morgan fingerprint density at radius 3 is 2.38 bits per heavy atom. The van der Waals surface area contributed by atoms with E-state index in [1.54, 1.807) is 24.3 Å². The van der Waals surface area contributed by atoms with Gasteiger partial charge in [-0.15, -0.1) is 0 Å². The number of ketones is 2. The molecule has 0 heterocycles. The fourth-order valence-electron chi connectivity index (χ4n) is 1.38. The van der Waals surface area contributed by atoms with Gasteiger partial charge in [0.15, 0.2) is 5.78 Å². The van der Waals surface area contributed by atoms with Crippen LogP contribution in [0, 0.1) is 0 Å². The van der Waals surface area contributed by atoms with Crippen LogP contribution in [-0.4, -0.2) is 11.6 Å². The molecule has 0 aliphatic carbocycles. The quantitative estimate of drug-likeness (QED) is 0.560. The summed E-state index contributed by atoms with van der Waals surface area (Å²) in [6.07, 6.45) is 2.32. The van der Waals surface area contributed by atoms with Gasteiger partial charge in [0.2, 0.25) is 0 Å². The molecule has 0 saturated carbocycles. The number of halogens is 1. The average Bonchev–Trinajstić information content (AvgIpc) is 2.27. The molecule has 0 fully saturated rings. The maximum atomic E-state index is 11.7. The predicted octanol–water partition coefficient (Wildman–Crippen LogP) is 3.67. The second kappa shape index (κ2) is 6.44. The molecule has 0 saturated heterocycles. The minimum atomic E-state index is -0.127. The van der Waals surface area contributed by atoms with Crippen molar-refractivity contribution in [3.8, 4) is 0 Å². The van der Waals surface area contributed by atoms with Crippen molar-refractivity contribution in [3.63, 3.8) is 0 Å². The Morgan fingerprint density at radius 2 is 1.81 bits per heavy atom. The Bertz CT molecular complexity index is 368. The van der Waals surface area contributed by atoms with Gasteiger partial charge in [0.25, 0.3) is 0 Å². The number of hydrogen-bond donors (Lipinski definition) is 0. The van der Waals surface area contributed by atoms with Gasteiger partial charge in [-0.25, -0.2) is 0 Å². The molecule has 0 aliphatic rings. The Balaban J connectivity index is 2.52. The number of benzene rings is 1. The van der Waals surface area contributed by atoms with E-state index < -0.39 is 0 Å². The highest BCUT2D eigenvalue weighted by molar-refractivity contribution is 6.30. The Labute approximate surface area is 101 Å². The maximum Gasteiger partial charge on any atom is 0.170 e. The number of carbonyl (C=O) groups excluding carboxylic acids is 2. The second-order valence-corrected chi connectivity index (χ2v) is 4.19. The molecular formula is C13H15ClO2. The third kappa shape index (κ3) is 4.15. The summed E-state index contributed by atoms with van der Waals surface area (Å²) in [6, 6.07) is 6.62. The van der Waals surface area contributed by atoms with Gasteiger partial charge in [0.1, 0.15) is 5.78 Å². The van der Waals surface area contributed by atoms with Crippen LogP contribution >= 0.6 is 11.6 Å². The van der Waals surface area contributed by atoms with E-state index in [0.29, 0.717) is 17.0 Å². The molecule has 0 radical (unpaired) electrons. The topological polar surface area (TPSA) is 34.1 Å². The van der Waals surface area contributed by atoms with Crippen LogP contribution in [0.5, 0.6) is 0 Å². The van der Waals surface area contributed by atoms with Gasteiger partial charge in [0, 0.05) is 17.0 Å². The van der Waals surface area contributed by atoms with E-state index in [4.69, 9.17) is 11.6 Å². The lowest BCUT2D eigenvalue weighted by molar-refractivity contribution is -0.118. The second-order valence-electron chi connectivity index (χ2n) is 3.75. The third-order valence-electron chi connectivity index (χ3n) is 2.33. The van der Waals surface area contributed by atoms with Gasteiger partial charge in [0.05, 0.1) is 6.42 Å². The summed E-state index contributed by atoms with van der Waals surface area (Å²) in [5, 5.41) is 0.592. The molecule has 1 aromatic carbocycles. The van der Waals surface area contributed by atoms with Crippen LogP contribution in [0.3, 0.4) is 0 Å². The standard InChI is InChI=1S/C13H15ClO2/c1-2-3-4-12(15)9-13(16)10-5-7-11(14)8-6-10/h5-8H,2-4,9H2,1H3. The van der Waals surface area contributed by atoms with E-state index in [2.05, 4.69) is 0 Å². The zero-order valence-corrected chi connectivity index (χ0v) is 10.1. The van der Waals surface area contributed by atoms with Gasteiger partial charge < -0.3 is 0 Å². The molecule has 0 bridgehead atoms. The summed E-state index contributed by atoms with van der Waals surface area (Å²) in [5.41, 5.74) is 0.550. The molecule has 1 rings (SSSR count). The van der Waals surface area contributed by atoms with Crippen LogP contribution < -0.4 is 0 Å². The van der Waals surface area contributed by atoms with Crippen LogP contribution in [0.2, 0.25) is 5.02 Å². The SMILES string of the molecule is CCCCC(=O)CC(=O)c1ccc(Cl)cc1. The Hall–Kier alpha value is -1.15. The highest BCUT2D eigenvalue weighted by atomic mass is 35.5. The number of rotatable bonds is 6. The van der Waals surface area contributed by atoms with E-state index in [9.17, 15) is 9.59 Å². The maximum absolute atomic E-state index is 11.7. The average molecular weight is 239 g/mol. The zero-order valence-electron chi connectivity index (χ0n) is 9.33. The molecule has 0 spiro atoms. The van der Waals surface area contributed by atoms with Gasteiger partial charge in [-0.1, -0.05) is 24.9 Å². The van der Waals surface area contributed by atoms with Gasteiger partial charge in [-0.2, -0.15) is 0 Å². The molecule has 0 N–H and O–H groups in total. The number of carbonyl (C=O) groups is 2. The summed E-state index contributed by atoms with van der Waals surface area (Å²) in [6.45, 7) is 2.02. The predicted molar refractivity (Wildman–Crippen MR) is 64.9 cm³/mol. The smallest absolute Gasteiger partial charge is 0.170 e. The summed E-state index contributed by atoms with van der Waals surface area (Å²) in [5.74, 6) is -0.112. The molecule has 16 heavy (non-hydrogen) atoms. The van der Waals surface area contributed by atoms with Crippen molar-refractivity contribution in [3.05, 3.63) is 34.9 Å². The van der Waals surface area contributed by atoms with Crippen molar-refractivity contribution in [1.29, 1.82) is 0 Å². The monoisotopic (exact) mass is 238 g/mol. The van der Waals surface area contributed by atoms with E-state index in [1.165, 1.54) is 0 Å². The summed E-state index contributed by atoms with van der Waals surface area (Å²) < 4.78 is 0. The lowest BCUT2D eigenvalue weighted by Crippen LogP contribution is -2.07. The van der Waals surface area contributed by atoms with Crippen molar-refractivity contribution < 1.29 is 9.59 Å². The first-order valence-electron chi connectivity index (χ1n) is 5.44. The normalized spacial score (nSPS) is 10.1. The largest absolute Gasteiger partial charge is 0.299 e. The minimum Gasteiger partial charge on any atom is -0.299 e. The number of hydrogen-bond acceptors (Lipinski definition) is 2. The number of unbranched alkanes of at least 4 members (excludes halogenated alkanes) is 1. The lowest BCUT2D eigenvalue weighted by Gasteiger charge is -2.00. The molecule has 0 atom stereocenters. The first-order valence-corrected chi connectivity index (χ1v) is 5.81. The molecule has 2 nitrogen and oxygen atoms in total. The van der Waals surface area contributed by atoms with Crippen LogP contribution in [0.15, 0.2) is 24.3 Å². The highest BCUT2D eigenvalue weighted by Gasteiger charge is 2.10. The van der Waals surface area contributed by atoms with Gasteiger partial charge in [-0.3, -0.25) is 9.59 Å². The van der Waals surface area contributed by atoms with Crippen molar-refractivity contribution in [2.75, 3.05) is 0 Å². The highest BCUT2D eigenvalue weighted by Crippen LogP contribution is 2.12. The lowest BCUT2D eigenvalue weighted by atomic mass is 10.0. The van der Waals surface area contributed by atoms with Crippen molar-refractivity contribution in [2.24, 2.45) is 0 Å².